The molecule has 4 heteroatoms. The quantitative estimate of drug-likeness (QED) is 0.456. The van der Waals surface area contributed by atoms with E-state index in [0.29, 0.717) is 22.9 Å². The highest BCUT2D eigenvalue weighted by atomic mass is 35.5. The maximum Gasteiger partial charge on any atom is 0.127 e. The highest BCUT2D eigenvalue weighted by Gasteiger charge is 2.18. The summed E-state index contributed by atoms with van der Waals surface area (Å²) in [4.78, 5) is 1.97. The van der Waals surface area contributed by atoms with Gasteiger partial charge in [-0.15, -0.1) is 0 Å². The Hall–Kier alpha value is -3.39. The maximum absolute atomic E-state index is 10.8. The smallest absolute Gasteiger partial charge is 0.127 e. The van der Waals surface area contributed by atoms with Crippen molar-refractivity contribution in [3.05, 3.63) is 112 Å². The highest BCUT2D eigenvalue weighted by Crippen LogP contribution is 2.38. The number of halogens is 1. The largest absolute Gasteiger partial charge is 0.507 e. The molecular weight excluding hydrogens is 406 g/mol. The first kappa shape index (κ1) is 20.9. The molecule has 0 amide bonds. The van der Waals surface area contributed by atoms with Crippen molar-refractivity contribution in [1.29, 1.82) is 0 Å². The van der Waals surface area contributed by atoms with E-state index in [9.17, 15) is 5.11 Å². The molecule has 0 radical (unpaired) electrons. The first-order valence-corrected chi connectivity index (χ1v) is 10.5. The molecule has 0 saturated heterocycles. The van der Waals surface area contributed by atoms with Crippen molar-refractivity contribution in [2.75, 3.05) is 7.05 Å². The number of benzene rings is 3. The van der Waals surface area contributed by atoms with Gasteiger partial charge in [0.1, 0.15) is 18.1 Å². The zero-order valence-electron chi connectivity index (χ0n) is 17.8. The zero-order chi connectivity index (χ0) is 22.0. The molecule has 3 aromatic carbocycles. The Kier molecular flexibility index (Phi) is 5.90. The molecule has 156 valence electrons. The number of aryl methyl sites for hydroxylation is 2. The lowest BCUT2D eigenvalue weighted by molar-refractivity contribution is 0.304. The van der Waals surface area contributed by atoms with Crippen LogP contribution in [0.3, 0.4) is 0 Å². The summed E-state index contributed by atoms with van der Waals surface area (Å²) in [5.41, 5.74) is 10.4. The number of hydrogen-bond acceptors (Lipinski definition) is 3. The van der Waals surface area contributed by atoms with E-state index >= 15 is 0 Å². The second-order valence-electron chi connectivity index (χ2n) is 7.83. The third-order valence-electron chi connectivity index (χ3n) is 5.10. The number of phenols is 1. The van der Waals surface area contributed by atoms with Gasteiger partial charge in [-0.05, 0) is 49.2 Å². The van der Waals surface area contributed by atoms with Crippen LogP contribution in [0.25, 0.3) is 11.1 Å². The summed E-state index contributed by atoms with van der Waals surface area (Å²) in [6, 6.07) is 19.4. The van der Waals surface area contributed by atoms with E-state index < -0.39 is 0 Å². The topological polar surface area (TPSA) is 32.7 Å². The van der Waals surface area contributed by atoms with Gasteiger partial charge in [-0.1, -0.05) is 58.8 Å². The molecule has 0 unspecified atom stereocenters. The summed E-state index contributed by atoms with van der Waals surface area (Å²) in [5.74, 6) is 0.759. The summed E-state index contributed by atoms with van der Waals surface area (Å²) in [7, 11) is 1.97. The van der Waals surface area contributed by atoms with E-state index in [2.05, 4.69) is 44.0 Å². The third-order valence-corrected chi connectivity index (χ3v) is 5.36. The first-order chi connectivity index (χ1) is 14.9. The minimum atomic E-state index is 0.157. The third kappa shape index (κ3) is 4.86. The Labute approximate surface area is 188 Å². The van der Waals surface area contributed by atoms with Crippen LogP contribution in [0.4, 0.5) is 0 Å². The summed E-state index contributed by atoms with van der Waals surface area (Å²) in [6.07, 6.45) is 3.93. The molecule has 0 aliphatic carbocycles. The molecule has 1 heterocycles. The average molecular weight is 430 g/mol. The van der Waals surface area contributed by atoms with Gasteiger partial charge in [0, 0.05) is 47.2 Å². The van der Waals surface area contributed by atoms with Gasteiger partial charge in [0.2, 0.25) is 0 Å². The van der Waals surface area contributed by atoms with Gasteiger partial charge in [-0.2, -0.15) is 0 Å². The van der Waals surface area contributed by atoms with Crippen LogP contribution >= 0.6 is 11.6 Å². The van der Waals surface area contributed by atoms with Crippen LogP contribution in [0.5, 0.6) is 11.5 Å². The lowest BCUT2D eigenvalue weighted by atomic mass is 9.90. The molecule has 3 nitrogen and oxygen atoms in total. The number of phenolic OH excluding ortho intramolecular Hbond substituents is 1. The van der Waals surface area contributed by atoms with Crippen LogP contribution in [0.1, 0.15) is 27.8 Å². The van der Waals surface area contributed by atoms with Gasteiger partial charge in [0.05, 0.1) is 0 Å². The van der Waals surface area contributed by atoms with Gasteiger partial charge in [-0.3, -0.25) is 0 Å². The number of allylic oxidation sites excluding steroid dienone is 2. The minimum absolute atomic E-state index is 0.157. The molecule has 4 rings (SSSR count). The second-order valence-corrected chi connectivity index (χ2v) is 8.26. The predicted molar refractivity (Wildman–Crippen MR) is 127 cm³/mol. The number of aromatic hydroxyl groups is 1. The Morgan fingerprint density at radius 1 is 0.968 bits per heavy atom. The minimum Gasteiger partial charge on any atom is -0.507 e. The summed E-state index contributed by atoms with van der Waals surface area (Å²) in [6.45, 7) is 4.58. The van der Waals surface area contributed by atoms with Gasteiger partial charge >= 0.3 is 0 Å². The Balaban J connectivity index is 1.62. The molecular formula is C27H24ClNO2. The zero-order valence-corrected chi connectivity index (χ0v) is 18.6. The van der Waals surface area contributed by atoms with Crippen LogP contribution in [0, 0.1) is 13.8 Å². The van der Waals surface area contributed by atoms with Gasteiger partial charge in [-0.25, -0.2) is 0 Å². The van der Waals surface area contributed by atoms with Crippen molar-refractivity contribution in [1.82, 2.24) is 4.90 Å². The monoisotopic (exact) mass is 429 g/mol. The van der Waals surface area contributed by atoms with Crippen molar-refractivity contribution in [3.63, 3.8) is 0 Å². The standard InChI is InChI=1S/C27H24ClNO2/c1-18-12-19(2)14-21(13-18)26-16-29(3)11-10-24(26)25-9-8-23(15-27(25)30)31-17-20-4-6-22(28)7-5-20/h4-9,11-16,30H,17H2,1-3H3. The molecule has 0 spiro atoms. The van der Waals surface area contributed by atoms with Crippen LogP contribution in [0.15, 0.2) is 78.8 Å². The Bertz CT molecular complexity index is 1200. The summed E-state index contributed by atoms with van der Waals surface area (Å²) >= 11 is 5.93. The molecule has 1 aliphatic rings. The van der Waals surface area contributed by atoms with Crippen molar-refractivity contribution in [2.45, 2.75) is 20.5 Å². The van der Waals surface area contributed by atoms with Gasteiger partial charge in [0.15, 0.2) is 0 Å². The van der Waals surface area contributed by atoms with E-state index in [1.54, 1.807) is 6.07 Å². The molecule has 0 atom stereocenters. The lowest BCUT2D eigenvalue weighted by Gasteiger charge is -2.20. The van der Waals surface area contributed by atoms with E-state index in [1.807, 2.05) is 54.5 Å². The normalized spacial score (nSPS) is 13.1. The highest BCUT2D eigenvalue weighted by molar-refractivity contribution is 6.30. The Morgan fingerprint density at radius 3 is 2.35 bits per heavy atom. The van der Waals surface area contributed by atoms with Crippen molar-refractivity contribution >= 4 is 22.7 Å². The predicted octanol–water partition coefficient (Wildman–Crippen LogP) is 6.72. The van der Waals surface area contributed by atoms with E-state index in [-0.39, 0.29) is 5.75 Å². The molecule has 31 heavy (non-hydrogen) atoms. The number of nitrogens with zero attached hydrogens (tertiary/aromatic N) is 1. The van der Waals surface area contributed by atoms with E-state index in [0.717, 1.165) is 22.3 Å². The fraction of sp³-hybridized carbons (Fsp3) is 0.148. The second kappa shape index (κ2) is 8.77. The SMILES string of the molecule is Cc1cc(C)cc(C2=CN(C)C=C=C2c2ccc(OCc3ccc(Cl)cc3)cc2O)c1. The molecule has 3 aromatic rings. The fourth-order valence-corrected chi connectivity index (χ4v) is 3.81. The Morgan fingerprint density at radius 2 is 1.68 bits per heavy atom. The van der Waals surface area contributed by atoms with E-state index in [4.69, 9.17) is 16.3 Å². The number of rotatable bonds is 5. The molecule has 1 N–H and O–H groups in total. The average Bonchev–Trinajstić information content (AvgIpc) is 2.73. The van der Waals surface area contributed by atoms with Crippen LogP contribution in [-0.2, 0) is 6.61 Å². The molecule has 0 saturated carbocycles. The van der Waals surface area contributed by atoms with Gasteiger partial charge in [0.25, 0.3) is 0 Å². The van der Waals surface area contributed by atoms with Crippen molar-refractivity contribution < 1.29 is 9.84 Å². The molecule has 0 fully saturated rings. The van der Waals surface area contributed by atoms with Gasteiger partial charge < -0.3 is 14.7 Å². The first-order valence-electron chi connectivity index (χ1n) is 10.1. The fourth-order valence-electron chi connectivity index (χ4n) is 3.68. The van der Waals surface area contributed by atoms with Crippen molar-refractivity contribution in [2.24, 2.45) is 0 Å². The molecule has 1 aliphatic heterocycles. The van der Waals surface area contributed by atoms with E-state index in [1.165, 1.54) is 11.1 Å². The number of hydrogen-bond donors (Lipinski definition) is 1. The lowest BCUT2D eigenvalue weighted by Crippen LogP contribution is -2.06. The van der Waals surface area contributed by atoms with Crippen LogP contribution in [-0.4, -0.2) is 17.1 Å². The summed E-state index contributed by atoms with van der Waals surface area (Å²) < 4.78 is 5.85. The van der Waals surface area contributed by atoms with Crippen LogP contribution in [0.2, 0.25) is 5.02 Å². The van der Waals surface area contributed by atoms with Crippen molar-refractivity contribution in [3.8, 4) is 11.5 Å². The molecule has 0 aromatic heterocycles. The number of ether oxygens (including phenoxy) is 1. The maximum atomic E-state index is 10.8. The summed E-state index contributed by atoms with van der Waals surface area (Å²) in [5, 5.41) is 11.5. The van der Waals surface area contributed by atoms with Crippen LogP contribution < -0.4 is 4.74 Å². The molecule has 0 bridgehead atoms.